The second-order valence-corrected chi connectivity index (χ2v) is 11.1. The van der Waals surface area contributed by atoms with Gasteiger partial charge >= 0.3 is 0 Å². The zero-order valence-corrected chi connectivity index (χ0v) is 22.2. The number of nitrogens with one attached hydrogen (secondary N) is 1. The predicted octanol–water partition coefficient (Wildman–Crippen LogP) is 3.07. The van der Waals surface area contributed by atoms with E-state index in [-0.39, 0.29) is 23.7 Å². The summed E-state index contributed by atoms with van der Waals surface area (Å²) >= 11 is 6.15. The van der Waals surface area contributed by atoms with Crippen molar-refractivity contribution in [2.24, 2.45) is 10.7 Å². The van der Waals surface area contributed by atoms with Crippen molar-refractivity contribution >= 4 is 41.2 Å². The van der Waals surface area contributed by atoms with E-state index < -0.39 is 11.9 Å². The van der Waals surface area contributed by atoms with Gasteiger partial charge in [-0.15, -0.1) is 0 Å². The number of ether oxygens (including phenoxy) is 1. The van der Waals surface area contributed by atoms with Crippen molar-refractivity contribution in [1.82, 2.24) is 15.1 Å². The quantitative estimate of drug-likeness (QED) is 0.439. The van der Waals surface area contributed by atoms with Crippen molar-refractivity contribution in [2.75, 3.05) is 26.2 Å². The van der Waals surface area contributed by atoms with Crippen LogP contribution in [0.25, 0.3) is 0 Å². The molecule has 0 radical (unpaired) electrons. The lowest BCUT2D eigenvalue weighted by molar-refractivity contribution is -0.136. The maximum atomic E-state index is 13.2. The van der Waals surface area contributed by atoms with E-state index in [1.54, 1.807) is 17.2 Å². The van der Waals surface area contributed by atoms with Crippen LogP contribution < -0.4 is 15.8 Å². The molecule has 0 aromatic heterocycles. The van der Waals surface area contributed by atoms with Crippen LogP contribution in [0.1, 0.15) is 47.2 Å². The van der Waals surface area contributed by atoms with E-state index in [0.717, 1.165) is 48.5 Å². The van der Waals surface area contributed by atoms with Crippen LogP contribution in [0.4, 0.5) is 5.69 Å². The highest BCUT2D eigenvalue weighted by Gasteiger charge is 2.47. The topological polar surface area (TPSA) is 117 Å². The molecule has 0 bridgehead atoms. The van der Waals surface area contributed by atoms with Gasteiger partial charge in [0.05, 0.1) is 23.9 Å². The van der Waals surface area contributed by atoms with Gasteiger partial charge in [0.25, 0.3) is 5.91 Å². The first-order valence-electron chi connectivity index (χ1n) is 13.2. The lowest BCUT2D eigenvalue weighted by Gasteiger charge is -2.38. The van der Waals surface area contributed by atoms with Crippen LogP contribution >= 0.6 is 11.6 Å². The predicted molar refractivity (Wildman–Crippen MR) is 147 cm³/mol. The van der Waals surface area contributed by atoms with Crippen molar-refractivity contribution in [2.45, 2.75) is 43.7 Å². The van der Waals surface area contributed by atoms with Gasteiger partial charge in [-0.05, 0) is 56.6 Å². The molecule has 1 unspecified atom stereocenters. The number of hydrogen-bond acceptors (Lipinski definition) is 7. The van der Waals surface area contributed by atoms with E-state index in [2.05, 4.69) is 15.2 Å². The van der Waals surface area contributed by atoms with E-state index in [4.69, 9.17) is 22.1 Å². The van der Waals surface area contributed by atoms with E-state index in [1.165, 1.54) is 0 Å². The number of fused-ring (bicyclic) bond motifs is 4. The first-order chi connectivity index (χ1) is 18.8. The van der Waals surface area contributed by atoms with Gasteiger partial charge in [0.1, 0.15) is 11.8 Å². The number of carbonyl (C=O) groups excluding carboxylic acids is 3. The number of nitrogens with two attached hydrogens (primary N) is 1. The van der Waals surface area contributed by atoms with Crippen molar-refractivity contribution in [3.63, 3.8) is 0 Å². The highest BCUT2D eigenvalue weighted by molar-refractivity contribution is 6.33. The minimum absolute atomic E-state index is 0.101. The molecule has 202 valence electrons. The van der Waals surface area contributed by atoms with Crippen LogP contribution in [0.2, 0.25) is 5.02 Å². The maximum absolute atomic E-state index is 13.2. The van der Waals surface area contributed by atoms with Crippen molar-refractivity contribution in [3.8, 4) is 5.75 Å². The number of amides is 3. The lowest BCUT2D eigenvalue weighted by atomic mass is 9.74. The van der Waals surface area contributed by atoms with E-state index in [9.17, 15) is 14.4 Å². The highest BCUT2D eigenvalue weighted by atomic mass is 35.5. The number of rotatable bonds is 5. The number of piperidine rings is 2. The molecule has 1 spiro atoms. The first-order valence-corrected chi connectivity index (χ1v) is 13.6. The van der Waals surface area contributed by atoms with Gasteiger partial charge in [0.2, 0.25) is 11.8 Å². The average Bonchev–Trinajstić information content (AvgIpc) is 3.44. The molecule has 3 amide bonds. The number of halogens is 1. The van der Waals surface area contributed by atoms with E-state index in [1.807, 2.05) is 36.4 Å². The SMILES string of the molecule is N/C(=C\C=Nc1ccccc1Cl)CN1CCC2(CC1)COc1c2ccc2c1CN(C1CCC(=O)NC1=O)C2=O. The Balaban J connectivity index is 1.11. The largest absolute Gasteiger partial charge is 0.492 e. The third kappa shape index (κ3) is 4.70. The Morgan fingerprint density at radius 2 is 1.97 bits per heavy atom. The van der Waals surface area contributed by atoms with Gasteiger partial charge < -0.3 is 15.4 Å². The van der Waals surface area contributed by atoms with Crippen molar-refractivity contribution in [3.05, 3.63) is 69.9 Å². The lowest BCUT2D eigenvalue weighted by Crippen LogP contribution is -2.52. The summed E-state index contributed by atoms with van der Waals surface area (Å²) in [4.78, 5) is 45.5. The first kappa shape index (κ1) is 25.6. The van der Waals surface area contributed by atoms with Crippen LogP contribution in [0.3, 0.4) is 0 Å². The number of allylic oxidation sites excluding steroid dienone is 1. The molecule has 1 atom stereocenters. The monoisotopic (exact) mass is 547 g/mol. The van der Waals surface area contributed by atoms with Gasteiger partial charge in [-0.25, -0.2) is 0 Å². The summed E-state index contributed by atoms with van der Waals surface area (Å²) in [6.45, 7) is 3.30. The summed E-state index contributed by atoms with van der Waals surface area (Å²) in [6.07, 6.45) is 5.92. The fourth-order valence-electron chi connectivity index (χ4n) is 6.12. The molecular weight excluding hydrogens is 518 g/mol. The third-order valence-corrected chi connectivity index (χ3v) is 8.62. The van der Waals surface area contributed by atoms with Crippen LogP contribution in [0, 0.1) is 0 Å². The molecule has 2 fully saturated rings. The normalized spacial score (nSPS) is 22.8. The molecule has 6 rings (SSSR count). The second-order valence-electron chi connectivity index (χ2n) is 10.7. The Labute approximate surface area is 231 Å². The zero-order chi connectivity index (χ0) is 27.1. The molecule has 10 heteroatoms. The molecule has 4 aliphatic rings. The summed E-state index contributed by atoms with van der Waals surface area (Å²) in [5.74, 6) is -0.0843. The molecule has 9 nitrogen and oxygen atoms in total. The summed E-state index contributed by atoms with van der Waals surface area (Å²) in [5.41, 5.74) is 10.2. The number of carbonyl (C=O) groups is 3. The number of hydrogen-bond donors (Lipinski definition) is 2. The fourth-order valence-corrected chi connectivity index (χ4v) is 6.30. The van der Waals surface area contributed by atoms with Gasteiger partial charge in [-0.2, -0.15) is 0 Å². The van der Waals surface area contributed by atoms with Crippen LogP contribution in [-0.4, -0.2) is 66.0 Å². The number of imide groups is 1. The molecule has 39 heavy (non-hydrogen) atoms. The standard InChI is InChI=1S/C29H30ClN5O4/c30-22-3-1-2-4-23(22)32-12-9-18(31)15-34-13-10-29(11-14-34)17-39-26-20-16-35(24-7-8-25(36)33-27(24)37)28(38)19(20)5-6-21(26)29/h1-6,9,12,24H,7-8,10-11,13-17,31H2,(H,33,36,37)/b18-9-,32-12?. The molecule has 2 aromatic rings. The fraction of sp³-hybridized carbons (Fsp3) is 0.379. The van der Waals surface area contributed by atoms with Crippen molar-refractivity contribution < 1.29 is 19.1 Å². The summed E-state index contributed by atoms with van der Waals surface area (Å²) in [5, 5.41) is 2.95. The number of para-hydroxylation sites is 1. The molecular formula is C29H30ClN5O4. The van der Waals surface area contributed by atoms with Crippen LogP contribution in [0.15, 0.2) is 53.2 Å². The Bertz CT molecular complexity index is 1410. The number of nitrogens with zero attached hydrogens (tertiary/aromatic N) is 3. The Kier molecular flexibility index (Phi) is 6.64. The van der Waals surface area contributed by atoms with Gasteiger partial charge in [-0.1, -0.05) is 29.8 Å². The second kappa shape index (κ2) is 10.1. The number of likely N-dealkylation sites (tertiary alicyclic amines) is 1. The van der Waals surface area contributed by atoms with Crippen LogP contribution in [-0.2, 0) is 21.5 Å². The molecule has 2 aromatic carbocycles. The van der Waals surface area contributed by atoms with E-state index in [0.29, 0.717) is 42.4 Å². The Hall–Kier alpha value is -3.69. The van der Waals surface area contributed by atoms with E-state index >= 15 is 0 Å². The zero-order valence-electron chi connectivity index (χ0n) is 21.5. The molecule has 4 heterocycles. The summed E-state index contributed by atoms with van der Waals surface area (Å²) in [6, 6.07) is 10.7. The maximum Gasteiger partial charge on any atom is 0.255 e. The Morgan fingerprint density at radius 1 is 1.18 bits per heavy atom. The smallest absolute Gasteiger partial charge is 0.255 e. The average molecular weight is 548 g/mol. The minimum atomic E-state index is -0.634. The summed E-state index contributed by atoms with van der Waals surface area (Å²) < 4.78 is 6.27. The van der Waals surface area contributed by atoms with Gasteiger partial charge in [0, 0.05) is 47.0 Å². The van der Waals surface area contributed by atoms with Crippen LogP contribution in [0.5, 0.6) is 5.75 Å². The number of benzene rings is 2. The van der Waals surface area contributed by atoms with Crippen molar-refractivity contribution in [1.29, 1.82) is 0 Å². The third-order valence-electron chi connectivity index (χ3n) is 8.30. The Morgan fingerprint density at radius 3 is 2.74 bits per heavy atom. The van der Waals surface area contributed by atoms with Gasteiger partial charge in [-0.3, -0.25) is 29.6 Å². The number of aliphatic imine (C=N–C) groups is 1. The molecule has 0 aliphatic carbocycles. The molecule has 4 aliphatic heterocycles. The molecule has 2 saturated heterocycles. The molecule has 0 saturated carbocycles. The minimum Gasteiger partial charge on any atom is -0.492 e. The summed E-state index contributed by atoms with van der Waals surface area (Å²) in [7, 11) is 0. The van der Waals surface area contributed by atoms with Gasteiger partial charge in [0.15, 0.2) is 0 Å². The highest BCUT2D eigenvalue weighted by Crippen LogP contribution is 2.49. The molecule has 3 N–H and O–H groups in total.